The normalized spacial score (nSPS) is 18.0. The lowest BCUT2D eigenvalue weighted by Gasteiger charge is -2.26. The number of hydrogen-bond acceptors (Lipinski definition) is 9. The highest BCUT2D eigenvalue weighted by Crippen LogP contribution is 2.33. The Labute approximate surface area is 235 Å². The van der Waals surface area contributed by atoms with Crippen LogP contribution in [0.1, 0.15) is 45.4 Å². The van der Waals surface area contributed by atoms with E-state index in [4.69, 9.17) is 5.11 Å². The van der Waals surface area contributed by atoms with Crippen molar-refractivity contribution >= 4 is 41.4 Å². The fourth-order valence-electron chi connectivity index (χ4n) is 4.18. The second-order valence-corrected chi connectivity index (χ2v) is 10.8. The van der Waals surface area contributed by atoms with E-state index in [0.29, 0.717) is 25.2 Å². The van der Waals surface area contributed by atoms with Crippen molar-refractivity contribution in [2.45, 2.75) is 68.3 Å². The third kappa shape index (κ3) is 9.03. The van der Waals surface area contributed by atoms with Crippen LogP contribution in [0.2, 0.25) is 0 Å². The highest BCUT2D eigenvalue weighted by Gasteiger charge is 2.40. The Hall–Kier alpha value is -4.01. The molecule has 1 aliphatic heterocycles. The van der Waals surface area contributed by atoms with Crippen molar-refractivity contribution in [3.05, 3.63) is 36.2 Å². The van der Waals surface area contributed by atoms with Gasteiger partial charge in [0.25, 0.3) is 0 Å². The Kier molecular flexibility index (Phi) is 11.4. The zero-order valence-electron chi connectivity index (χ0n) is 22.3. The molecule has 1 saturated heterocycles. The Bertz CT molecular complexity index is 1170. The van der Waals surface area contributed by atoms with Crippen molar-refractivity contribution in [2.24, 2.45) is 5.92 Å². The number of hydrogen-bond donors (Lipinski definition) is 5. The molecule has 14 nitrogen and oxygen atoms in total. The minimum absolute atomic E-state index is 0.0409. The number of likely N-dealkylation sites (tertiary alicyclic amines) is 1. The van der Waals surface area contributed by atoms with Crippen LogP contribution in [0.4, 0.5) is 0 Å². The summed E-state index contributed by atoms with van der Waals surface area (Å²) in [6.07, 6.45) is 0.362. The van der Waals surface area contributed by atoms with Gasteiger partial charge in [-0.3, -0.25) is 24.0 Å². The van der Waals surface area contributed by atoms with Crippen molar-refractivity contribution in [1.29, 1.82) is 0 Å². The van der Waals surface area contributed by atoms with E-state index in [1.807, 2.05) is 37.3 Å². The summed E-state index contributed by atoms with van der Waals surface area (Å²) < 4.78 is 0. The third-order valence-electron chi connectivity index (χ3n) is 6.53. The average molecular weight is 575 g/mol. The van der Waals surface area contributed by atoms with Crippen LogP contribution < -0.4 is 16.0 Å². The number of rotatable bonds is 14. The number of thioether (sulfide) groups is 1. The molecule has 4 atom stereocenters. The van der Waals surface area contributed by atoms with Crippen LogP contribution in [0, 0.1) is 5.92 Å². The molecule has 0 radical (unpaired) electrons. The number of aromatic amines is 1. The average Bonchev–Trinajstić information content (AvgIpc) is 3.62. The lowest BCUT2D eigenvalue weighted by atomic mass is 9.98. The van der Waals surface area contributed by atoms with Crippen LogP contribution in [-0.2, 0) is 30.5 Å². The van der Waals surface area contributed by atoms with Crippen LogP contribution >= 0.6 is 11.8 Å². The third-order valence-corrected chi connectivity index (χ3v) is 7.75. The maximum absolute atomic E-state index is 13.3. The predicted molar refractivity (Wildman–Crippen MR) is 143 cm³/mol. The topological polar surface area (TPSA) is 199 Å². The van der Waals surface area contributed by atoms with E-state index in [0.717, 1.165) is 4.90 Å². The molecule has 0 bridgehead atoms. The summed E-state index contributed by atoms with van der Waals surface area (Å²) in [5.74, 6) is -3.01. The summed E-state index contributed by atoms with van der Waals surface area (Å²) in [6, 6.07) is 7.96. The molecule has 1 aromatic heterocycles. The van der Waals surface area contributed by atoms with Gasteiger partial charge in [-0.25, -0.2) is 0 Å². The van der Waals surface area contributed by atoms with Gasteiger partial charge in [0, 0.05) is 23.1 Å². The molecule has 1 fully saturated rings. The second-order valence-electron chi connectivity index (χ2n) is 9.44. The smallest absolute Gasteiger partial charge is 0.303 e. The molecule has 2 aromatic rings. The van der Waals surface area contributed by atoms with Gasteiger partial charge < -0.3 is 26.0 Å². The van der Waals surface area contributed by atoms with Gasteiger partial charge in [-0.1, -0.05) is 43.7 Å². The molecular weight excluding hydrogens is 540 g/mol. The van der Waals surface area contributed by atoms with Crippen molar-refractivity contribution in [1.82, 2.24) is 41.5 Å². The molecule has 5 N–H and O–H groups in total. The molecule has 3 rings (SSSR count). The highest BCUT2D eigenvalue weighted by molar-refractivity contribution is 8.00. The molecule has 1 aromatic carbocycles. The summed E-state index contributed by atoms with van der Waals surface area (Å²) in [5.41, 5.74) is 0. The largest absolute Gasteiger partial charge is 0.481 e. The number of carbonyl (C=O) groups excluding carboxylic acids is 4. The van der Waals surface area contributed by atoms with Gasteiger partial charge in [0.1, 0.15) is 12.1 Å². The lowest BCUT2D eigenvalue weighted by molar-refractivity contribution is -0.140. The van der Waals surface area contributed by atoms with Gasteiger partial charge >= 0.3 is 5.97 Å². The van der Waals surface area contributed by atoms with Gasteiger partial charge in [0.2, 0.25) is 23.6 Å². The standard InChI is InChI=1S/C25H34N8O6S/c1-3-15(2)23(28-20(34)9-10-22(36)37)25(39)27-13-21(35)33-14-17(40-16-7-5-4-6-8-16)11-18(33)24(38)26-12-19-29-31-32-30-19/h4-8,15,17-18,23H,3,9-14H2,1-2H3,(H,26,38)(H,27,39)(H,28,34)(H,36,37)(H,29,30,31,32)/t15-,17-,18-,23-/m0/s1. The molecule has 0 unspecified atom stereocenters. The Morgan fingerprint density at radius 2 is 1.90 bits per heavy atom. The first kappa shape index (κ1) is 30.5. The molecule has 216 valence electrons. The highest BCUT2D eigenvalue weighted by atomic mass is 32.2. The van der Waals surface area contributed by atoms with Crippen LogP contribution in [-0.4, -0.2) is 90.7 Å². The molecule has 1 aliphatic rings. The van der Waals surface area contributed by atoms with E-state index in [-0.39, 0.29) is 43.0 Å². The predicted octanol–water partition coefficient (Wildman–Crippen LogP) is 0.0896. The van der Waals surface area contributed by atoms with E-state index in [2.05, 4.69) is 36.6 Å². The molecule has 0 spiro atoms. The number of aliphatic carboxylic acids is 1. The van der Waals surface area contributed by atoms with Crippen LogP contribution in [0.15, 0.2) is 35.2 Å². The van der Waals surface area contributed by atoms with E-state index in [1.54, 1.807) is 18.7 Å². The lowest BCUT2D eigenvalue weighted by Crippen LogP contribution is -2.53. The van der Waals surface area contributed by atoms with Gasteiger partial charge in [-0.15, -0.1) is 22.0 Å². The monoisotopic (exact) mass is 574 g/mol. The molecular formula is C25H34N8O6S. The quantitative estimate of drug-likeness (QED) is 0.206. The summed E-state index contributed by atoms with van der Waals surface area (Å²) in [7, 11) is 0. The van der Waals surface area contributed by atoms with Gasteiger partial charge in [-0.2, -0.15) is 5.21 Å². The maximum atomic E-state index is 13.3. The number of carboxylic acid groups (broad SMARTS) is 1. The first-order valence-electron chi connectivity index (χ1n) is 13.0. The Balaban J connectivity index is 1.64. The number of nitrogens with one attached hydrogen (secondary N) is 4. The van der Waals surface area contributed by atoms with Crippen LogP contribution in [0.5, 0.6) is 0 Å². The number of benzene rings is 1. The molecule has 4 amide bonds. The van der Waals surface area contributed by atoms with Gasteiger partial charge in [-0.05, 0) is 24.5 Å². The van der Waals surface area contributed by atoms with E-state index >= 15 is 0 Å². The van der Waals surface area contributed by atoms with Crippen molar-refractivity contribution < 1.29 is 29.1 Å². The Morgan fingerprint density at radius 3 is 2.55 bits per heavy atom. The van der Waals surface area contributed by atoms with Gasteiger partial charge in [0.05, 0.1) is 19.5 Å². The minimum Gasteiger partial charge on any atom is -0.481 e. The minimum atomic E-state index is -1.12. The van der Waals surface area contributed by atoms with E-state index in [1.165, 1.54) is 4.90 Å². The molecule has 0 saturated carbocycles. The van der Waals surface area contributed by atoms with Crippen molar-refractivity contribution in [3.8, 4) is 0 Å². The number of tetrazole rings is 1. The summed E-state index contributed by atoms with van der Waals surface area (Å²) in [5, 5.41) is 30.1. The number of aromatic nitrogens is 4. The van der Waals surface area contributed by atoms with E-state index < -0.39 is 35.8 Å². The molecule has 2 heterocycles. The van der Waals surface area contributed by atoms with Crippen molar-refractivity contribution in [2.75, 3.05) is 13.1 Å². The van der Waals surface area contributed by atoms with E-state index in [9.17, 15) is 24.0 Å². The molecule has 15 heteroatoms. The zero-order valence-corrected chi connectivity index (χ0v) is 23.1. The van der Waals surface area contributed by atoms with Crippen LogP contribution in [0.3, 0.4) is 0 Å². The molecule has 40 heavy (non-hydrogen) atoms. The number of carboxylic acids is 1. The number of H-pyrrole nitrogens is 1. The van der Waals surface area contributed by atoms with Crippen molar-refractivity contribution in [3.63, 3.8) is 0 Å². The summed E-state index contributed by atoms with van der Waals surface area (Å²) in [6.45, 7) is 3.61. The Morgan fingerprint density at radius 1 is 1.15 bits per heavy atom. The maximum Gasteiger partial charge on any atom is 0.303 e. The first-order chi connectivity index (χ1) is 19.2. The fourth-order valence-corrected chi connectivity index (χ4v) is 5.39. The fraction of sp³-hybridized carbons (Fsp3) is 0.520. The second kappa shape index (κ2) is 15.0. The summed E-state index contributed by atoms with van der Waals surface area (Å²) >= 11 is 1.57. The number of carbonyl (C=O) groups is 5. The number of nitrogens with zero attached hydrogens (tertiary/aromatic N) is 4. The SMILES string of the molecule is CC[C@H](C)[C@H](NC(=O)CCC(=O)O)C(=O)NCC(=O)N1C[C@@H](Sc2ccccc2)C[C@H]1C(=O)NCc1nn[nH]n1. The number of amides is 4. The van der Waals surface area contributed by atoms with Crippen LogP contribution in [0.25, 0.3) is 0 Å². The summed E-state index contributed by atoms with van der Waals surface area (Å²) in [4.78, 5) is 64.8. The van der Waals surface area contributed by atoms with Gasteiger partial charge in [0.15, 0.2) is 5.82 Å². The first-order valence-corrected chi connectivity index (χ1v) is 13.9. The molecule has 0 aliphatic carbocycles. The zero-order chi connectivity index (χ0) is 29.1.